The Kier molecular flexibility index (Phi) is 5.95. The van der Waals surface area contributed by atoms with E-state index in [2.05, 4.69) is 16.6 Å². The fourth-order valence-electron chi connectivity index (χ4n) is 3.15. The van der Waals surface area contributed by atoms with E-state index >= 15 is 0 Å². The number of halogens is 3. The van der Waals surface area contributed by atoms with Gasteiger partial charge in [-0.05, 0) is 0 Å². The van der Waals surface area contributed by atoms with Crippen LogP contribution in [0.5, 0.6) is 0 Å². The summed E-state index contributed by atoms with van der Waals surface area (Å²) < 4.78 is 51.8. The topological polar surface area (TPSA) is 24.7 Å². The van der Waals surface area contributed by atoms with E-state index in [4.69, 9.17) is 24.4 Å². The van der Waals surface area contributed by atoms with Crippen LogP contribution in [0.1, 0.15) is 0 Å². The Morgan fingerprint density at radius 1 is 0.536 bits per heavy atom. The summed E-state index contributed by atoms with van der Waals surface area (Å²) in [6.07, 6.45) is 0. The van der Waals surface area contributed by atoms with Crippen molar-refractivity contribution in [2.24, 2.45) is 6.30 Å². The molecule has 0 spiro atoms. The summed E-state index contributed by atoms with van der Waals surface area (Å²) in [5.74, 6) is -1.35. The van der Waals surface area contributed by atoms with Crippen LogP contribution in [0.25, 0.3) is 0 Å². The molecule has 0 aliphatic rings. The second kappa shape index (κ2) is 8.08. The van der Waals surface area contributed by atoms with Gasteiger partial charge in [-0.25, -0.2) is 0 Å². The average Bonchev–Trinajstić information content (AvgIpc) is 2.69. The number of hydrogen-bond acceptors (Lipinski definition) is 4. The second-order valence-corrected chi connectivity index (χ2v) is 17.6. The summed E-state index contributed by atoms with van der Waals surface area (Å²) in [6, 6.07) is 16.8. The maximum absolute atomic E-state index is 13.7. The summed E-state index contributed by atoms with van der Waals surface area (Å²) in [4.78, 5) is 0. The first-order valence-electron chi connectivity index (χ1n) is 7.96. The molecular formula is C20H12F3N2S2Sb. The van der Waals surface area contributed by atoms with Crippen LogP contribution < -0.4 is 10.5 Å². The van der Waals surface area contributed by atoms with Crippen LogP contribution in [0.2, 0.25) is 0 Å². The number of benzene rings is 3. The summed E-state index contributed by atoms with van der Waals surface area (Å²) >= 11 is 4.58. The van der Waals surface area contributed by atoms with Gasteiger partial charge in [0, 0.05) is 0 Å². The third-order valence-electron chi connectivity index (χ3n) is 4.42. The van der Waals surface area contributed by atoms with Crippen LogP contribution in [-0.4, -0.2) is 28.3 Å². The Balaban J connectivity index is 2.60. The average molecular weight is 523 g/mol. The molecule has 0 N–H and O–H groups in total. The number of thiocarbonyl (C=S) groups is 2. The van der Waals surface area contributed by atoms with E-state index in [1.54, 1.807) is 0 Å². The van der Waals surface area contributed by atoms with Gasteiger partial charge in [-0.3, -0.25) is 0 Å². The van der Waals surface area contributed by atoms with Crippen molar-refractivity contribution in [1.82, 2.24) is 0 Å². The fraction of sp³-hybridized carbons (Fsp3) is 0. The third kappa shape index (κ3) is 3.26. The Labute approximate surface area is 172 Å². The van der Waals surface area contributed by atoms with Crippen LogP contribution in [0, 0.1) is 17.5 Å². The number of hydrogen-bond donors (Lipinski definition) is 0. The van der Waals surface area contributed by atoms with Gasteiger partial charge in [-0.15, -0.1) is 0 Å². The molecule has 0 amide bonds. The molecule has 0 bridgehead atoms. The normalized spacial score (nSPS) is 12.2. The van der Waals surface area contributed by atoms with E-state index in [0.717, 1.165) is 0 Å². The van der Waals surface area contributed by atoms with Crippen LogP contribution in [0.4, 0.5) is 13.2 Å². The van der Waals surface area contributed by atoms with Gasteiger partial charge >= 0.3 is 173 Å². The minimum absolute atomic E-state index is 0.450. The standard InChI is InChI=1S/3C6H4F.2CNS.Sb/c3*7-6-4-2-1-3-5-6;2*2-1-3;/h3*2-5H;;;/q;;;2*-1;+2. The fourth-order valence-corrected chi connectivity index (χ4v) is 17.0. The van der Waals surface area contributed by atoms with E-state index in [-0.39, 0.29) is 0 Å². The SMILES string of the molecule is Fc1cc[c]([Sb]([N]=C=S)([N]=C=S)([c]2ccc(F)cc2)[c]2ccc(F)cc2)cc1. The molecule has 0 saturated carbocycles. The number of nitrogens with zero attached hydrogens (tertiary/aromatic N) is 2. The molecule has 0 aliphatic carbocycles. The van der Waals surface area contributed by atoms with E-state index in [9.17, 15) is 13.2 Å². The van der Waals surface area contributed by atoms with Gasteiger partial charge in [-0.2, -0.15) is 0 Å². The van der Waals surface area contributed by atoms with Crippen molar-refractivity contribution in [3.63, 3.8) is 0 Å². The van der Waals surface area contributed by atoms with Gasteiger partial charge in [0.05, 0.1) is 0 Å². The zero-order valence-electron chi connectivity index (χ0n) is 14.2. The molecular weight excluding hydrogens is 511 g/mol. The zero-order chi connectivity index (χ0) is 20.2. The van der Waals surface area contributed by atoms with E-state index in [0.29, 0.717) is 10.5 Å². The summed E-state index contributed by atoms with van der Waals surface area (Å²) in [5, 5.41) is 4.82. The maximum atomic E-state index is 13.7. The molecule has 0 aliphatic heterocycles. The molecule has 0 heterocycles. The van der Waals surface area contributed by atoms with E-state index < -0.39 is 35.4 Å². The van der Waals surface area contributed by atoms with Crippen molar-refractivity contribution in [1.29, 1.82) is 0 Å². The molecule has 0 radical (unpaired) electrons. The molecule has 0 aromatic heterocycles. The molecule has 0 unspecified atom stereocenters. The molecule has 3 rings (SSSR count). The summed E-state index contributed by atoms with van der Waals surface area (Å²) in [5.41, 5.74) is 0. The zero-order valence-corrected chi connectivity index (χ0v) is 18.4. The van der Waals surface area contributed by atoms with Gasteiger partial charge in [0.15, 0.2) is 0 Å². The van der Waals surface area contributed by atoms with Crippen LogP contribution in [-0.2, 0) is 0 Å². The number of isothiocyanates is 2. The Morgan fingerprint density at radius 3 is 1.00 bits per heavy atom. The molecule has 28 heavy (non-hydrogen) atoms. The van der Waals surface area contributed by atoms with E-state index in [1.807, 2.05) is 0 Å². The molecule has 2 nitrogen and oxygen atoms in total. The Morgan fingerprint density at radius 2 is 0.786 bits per heavy atom. The van der Waals surface area contributed by atoms with Gasteiger partial charge < -0.3 is 0 Å². The van der Waals surface area contributed by atoms with Crippen LogP contribution in [0.3, 0.4) is 0 Å². The summed E-state index contributed by atoms with van der Waals surface area (Å²) in [6.45, 7) is 0. The van der Waals surface area contributed by atoms with Gasteiger partial charge in [0.1, 0.15) is 0 Å². The monoisotopic (exact) mass is 522 g/mol. The third-order valence-corrected chi connectivity index (χ3v) is 19.1. The van der Waals surface area contributed by atoms with Gasteiger partial charge in [0.25, 0.3) is 0 Å². The van der Waals surface area contributed by atoms with Crippen molar-refractivity contribution < 1.29 is 13.2 Å². The molecule has 3 aromatic carbocycles. The molecule has 8 heteroatoms. The molecule has 0 fully saturated rings. The van der Waals surface area contributed by atoms with Crippen molar-refractivity contribution >= 4 is 63.2 Å². The van der Waals surface area contributed by atoms with E-state index in [1.165, 1.54) is 72.8 Å². The minimum atomic E-state index is -5.33. The first-order valence-corrected chi connectivity index (χ1v) is 14.9. The van der Waals surface area contributed by atoms with Crippen molar-refractivity contribution in [2.75, 3.05) is 0 Å². The molecule has 0 saturated heterocycles. The quantitative estimate of drug-likeness (QED) is 0.290. The predicted molar refractivity (Wildman–Crippen MR) is 114 cm³/mol. The number of rotatable bonds is 5. The Hall–Kier alpha value is -2.13. The predicted octanol–water partition coefficient (Wildman–Crippen LogP) is 3.73. The van der Waals surface area contributed by atoms with Crippen molar-refractivity contribution in [3.8, 4) is 0 Å². The molecule has 140 valence electrons. The van der Waals surface area contributed by atoms with Gasteiger partial charge in [-0.1, -0.05) is 0 Å². The molecule has 3 aromatic rings. The first-order chi connectivity index (χ1) is 13.5. The Bertz CT molecular complexity index is 968. The van der Waals surface area contributed by atoms with Crippen molar-refractivity contribution in [3.05, 3.63) is 90.2 Å². The summed E-state index contributed by atoms with van der Waals surface area (Å²) in [7, 11) is 0. The molecule has 0 atom stereocenters. The van der Waals surface area contributed by atoms with Crippen molar-refractivity contribution in [2.45, 2.75) is 0 Å². The van der Waals surface area contributed by atoms with Gasteiger partial charge in [0.2, 0.25) is 0 Å². The van der Waals surface area contributed by atoms with Crippen LogP contribution in [0.15, 0.2) is 79.1 Å². The second-order valence-electron chi connectivity index (χ2n) is 5.84. The van der Waals surface area contributed by atoms with Crippen LogP contribution >= 0.6 is 24.4 Å². The first kappa shape index (κ1) is 20.6.